The maximum absolute atomic E-state index is 4.89. The molecular formula is C22H16N2S. The molecular weight excluding hydrogens is 324 g/mol. The molecule has 3 heteroatoms. The number of nitrogens with zero attached hydrogens (tertiary/aromatic N) is 2. The van der Waals surface area contributed by atoms with Gasteiger partial charge < -0.3 is 0 Å². The lowest BCUT2D eigenvalue weighted by Gasteiger charge is -2.02. The third-order valence-corrected chi connectivity index (χ3v) is 5.71. The summed E-state index contributed by atoms with van der Waals surface area (Å²) < 4.78 is 2.45. The highest BCUT2D eigenvalue weighted by Gasteiger charge is 2.10. The van der Waals surface area contributed by atoms with E-state index in [-0.39, 0.29) is 0 Å². The van der Waals surface area contributed by atoms with E-state index >= 15 is 0 Å². The molecule has 5 rings (SSSR count). The molecule has 0 aliphatic carbocycles. The molecule has 2 aromatic carbocycles. The average Bonchev–Trinajstić information content (AvgIpc) is 2.97. The van der Waals surface area contributed by atoms with E-state index in [4.69, 9.17) is 4.98 Å². The molecule has 0 atom stereocenters. The molecule has 3 aromatic heterocycles. The van der Waals surface area contributed by atoms with Gasteiger partial charge in [0.1, 0.15) is 0 Å². The molecule has 0 saturated carbocycles. The summed E-state index contributed by atoms with van der Waals surface area (Å²) in [5, 5.41) is 2.34. The van der Waals surface area contributed by atoms with Crippen molar-refractivity contribution in [2.45, 2.75) is 13.8 Å². The van der Waals surface area contributed by atoms with Crippen LogP contribution in [0.15, 0.2) is 60.8 Å². The lowest BCUT2D eigenvalue weighted by Crippen LogP contribution is -1.84. The Labute approximate surface area is 149 Å². The number of hydrogen-bond acceptors (Lipinski definition) is 3. The molecule has 0 bridgehead atoms. The van der Waals surface area contributed by atoms with Crippen molar-refractivity contribution in [3.05, 3.63) is 71.9 Å². The van der Waals surface area contributed by atoms with Gasteiger partial charge >= 0.3 is 0 Å². The number of aryl methyl sites for hydroxylation is 2. The molecule has 0 aliphatic heterocycles. The van der Waals surface area contributed by atoms with Gasteiger partial charge in [-0.05, 0) is 38.1 Å². The predicted octanol–water partition coefficient (Wildman–Crippen LogP) is 6.28. The summed E-state index contributed by atoms with van der Waals surface area (Å²) in [5.74, 6) is 0. The Morgan fingerprint density at radius 1 is 0.800 bits per heavy atom. The van der Waals surface area contributed by atoms with Crippen LogP contribution < -0.4 is 0 Å². The summed E-state index contributed by atoms with van der Waals surface area (Å²) in [7, 11) is 0. The van der Waals surface area contributed by atoms with Gasteiger partial charge in [-0.2, -0.15) is 0 Å². The summed E-state index contributed by atoms with van der Waals surface area (Å²) in [6.45, 7) is 4.22. The molecule has 3 heterocycles. The van der Waals surface area contributed by atoms with Gasteiger partial charge in [-0.1, -0.05) is 41.5 Å². The van der Waals surface area contributed by atoms with Gasteiger partial charge in [-0.3, -0.25) is 4.98 Å². The highest BCUT2D eigenvalue weighted by molar-refractivity contribution is 7.25. The smallest absolute Gasteiger partial charge is 0.0911 e. The molecule has 0 unspecified atom stereocenters. The van der Waals surface area contributed by atoms with Crippen LogP contribution in [-0.4, -0.2) is 9.97 Å². The van der Waals surface area contributed by atoms with Crippen LogP contribution >= 0.6 is 11.3 Å². The van der Waals surface area contributed by atoms with Crippen LogP contribution in [0.1, 0.15) is 11.1 Å². The zero-order valence-corrected chi connectivity index (χ0v) is 14.9. The fourth-order valence-electron chi connectivity index (χ4n) is 3.25. The van der Waals surface area contributed by atoms with Crippen molar-refractivity contribution in [3.63, 3.8) is 0 Å². The molecule has 5 aromatic rings. The quantitative estimate of drug-likeness (QED) is 0.359. The second-order valence-corrected chi connectivity index (χ2v) is 7.65. The van der Waals surface area contributed by atoms with E-state index in [1.54, 1.807) is 11.3 Å². The van der Waals surface area contributed by atoms with Crippen LogP contribution in [0, 0.1) is 13.8 Å². The summed E-state index contributed by atoms with van der Waals surface area (Å²) in [5.41, 5.74) is 6.79. The second-order valence-electron chi connectivity index (χ2n) is 6.57. The van der Waals surface area contributed by atoms with Crippen LogP contribution in [0.25, 0.3) is 42.5 Å². The van der Waals surface area contributed by atoms with Crippen molar-refractivity contribution in [2.24, 2.45) is 0 Å². The zero-order valence-electron chi connectivity index (χ0n) is 14.1. The summed E-state index contributed by atoms with van der Waals surface area (Å²) in [6.07, 6.45) is 1.97. The number of pyridine rings is 2. The number of hydrogen-bond donors (Lipinski definition) is 0. The maximum Gasteiger partial charge on any atom is 0.0911 e. The van der Waals surface area contributed by atoms with E-state index in [0.29, 0.717) is 0 Å². The van der Waals surface area contributed by atoms with Gasteiger partial charge in [0.15, 0.2) is 0 Å². The molecule has 0 saturated heterocycles. The van der Waals surface area contributed by atoms with Crippen molar-refractivity contribution >= 4 is 42.5 Å². The van der Waals surface area contributed by atoms with Crippen molar-refractivity contribution in [3.8, 4) is 11.3 Å². The average molecular weight is 340 g/mol. The first kappa shape index (κ1) is 14.6. The monoisotopic (exact) mass is 340 g/mol. The Morgan fingerprint density at radius 2 is 1.60 bits per heavy atom. The van der Waals surface area contributed by atoms with E-state index in [1.165, 1.54) is 25.9 Å². The number of aromatic nitrogens is 2. The molecule has 0 fully saturated rings. The van der Waals surface area contributed by atoms with E-state index in [2.05, 4.69) is 73.4 Å². The Balaban J connectivity index is 1.75. The Kier molecular flexibility index (Phi) is 3.12. The predicted molar refractivity (Wildman–Crippen MR) is 107 cm³/mol. The van der Waals surface area contributed by atoms with Crippen molar-refractivity contribution < 1.29 is 0 Å². The molecule has 120 valence electrons. The lowest BCUT2D eigenvalue weighted by atomic mass is 10.1. The summed E-state index contributed by atoms with van der Waals surface area (Å²) in [6, 6.07) is 19.4. The van der Waals surface area contributed by atoms with Gasteiger partial charge in [-0.25, -0.2) is 4.98 Å². The van der Waals surface area contributed by atoms with Gasteiger partial charge in [0.25, 0.3) is 0 Å². The summed E-state index contributed by atoms with van der Waals surface area (Å²) >= 11 is 1.79. The normalized spacial score (nSPS) is 11.6. The van der Waals surface area contributed by atoms with Crippen LogP contribution in [0.5, 0.6) is 0 Å². The van der Waals surface area contributed by atoms with Crippen LogP contribution in [-0.2, 0) is 0 Å². The first-order valence-corrected chi connectivity index (χ1v) is 9.16. The molecule has 0 radical (unpaired) electrons. The standard InChI is InChI=1S/C22H16N2S/c1-13-3-6-15(7-4-13)19-11-20-17(12-23-19)22-21(25-20)10-16-9-14(2)5-8-18(16)24-22/h3-12H,1-2H3. The SMILES string of the molecule is Cc1ccc(-c2cc3sc4cc5cc(C)ccc5nc4c3cn2)cc1. The molecule has 2 nitrogen and oxygen atoms in total. The number of benzene rings is 2. The van der Waals surface area contributed by atoms with Crippen molar-refractivity contribution in [2.75, 3.05) is 0 Å². The highest BCUT2D eigenvalue weighted by atomic mass is 32.1. The van der Waals surface area contributed by atoms with Gasteiger partial charge in [0.2, 0.25) is 0 Å². The second kappa shape index (κ2) is 5.36. The number of fused-ring (bicyclic) bond motifs is 4. The van der Waals surface area contributed by atoms with Gasteiger partial charge in [0, 0.05) is 27.2 Å². The van der Waals surface area contributed by atoms with Crippen LogP contribution in [0.4, 0.5) is 0 Å². The van der Waals surface area contributed by atoms with Crippen LogP contribution in [0.2, 0.25) is 0 Å². The van der Waals surface area contributed by atoms with Crippen molar-refractivity contribution in [1.29, 1.82) is 0 Å². The van der Waals surface area contributed by atoms with Gasteiger partial charge in [-0.15, -0.1) is 11.3 Å². The fourth-order valence-corrected chi connectivity index (χ4v) is 4.35. The largest absolute Gasteiger partial charge is 0.255 e. The number of thiophene rings is 1. The Morgan fingerprint density at radius 3 is 2.44 bits per heavy atom. The maximum atomic E-state index is 4.89. The van der Waals surface area contributed by atoms with E-state index in [1.807, 2.05) is 6.20 Å². The highest BCUT2D eigenvalue weighted by Crippen LogP contribution is 2.36. The van der Waals surface area contributed by atoms with Gasteiger partial charge in [0.05, 0.1) is 21.4 Å². The minimum absolute atomic E-state index is 1.01. The summed E-state index contributed by atoms with van der Waals surface area (Å²) in [4.78, 5) is 9.58. The van der Waals surface area contributed by atoms with E-state index < -0.39 is 0 Å². The Hall–Kier alpha value is -2.78. The van der Waals surface area contributed by atoms with E-state index in [9.17, 15) is 0 Å². The molecule has 0 N–H and O–H groups in total. The molecule has 0 amide bonds. The Bertz CT molecular complexity index is 1250. The topological polar surface area (TPSA) is 25.8 Å². The minimum atomic E-state index is 1.01. The molecule has 0 spiro atoms. The van der Waals surface area contributed by atoms with Crippen LogP contribution in [0.3, 0.4) is 0 Å². The first-order valence-electron chi connectivity index (χ1n) is 8.34. The number of rotatable bonds is 1. The molecule has 0 aliphatic rings. The third-order valence-electron chi connectivity index (χ3n) is 4.62. The zero-order chi connectivity index (χ0) is 17.0. The van der Waals surface area contributed by atoms with Crippen molar-refractivity contribution in [1.82, 2.24) is 9.97 Å². The first-order chi connectivity index (χ1) is 12.2. The minimum Gasteiger partial charge on any atom is -0.255 e. The third kappa shape index (κ3) is 2.39. The lowest BCUT2D eigenvalue weighted by molar-refractivity contribution is 1.35. The molecule has 25 heavy (non-hydrogen) atoms. The fraction of sp³-hybridized carbons (Fsp3) is 0.0909. The van der Waals surface area contributed by atoms with E-state index in [0.717, 1.165) is 27.7 Å².